The molecule has 0 bridgehead atoms. The molecule has 0 aromatic carbocycles. The fraction of sp³-hybridized carbons (Fsp3) is 1.00. The van der Waals surface area contributed by atoms with Crippen LogP contribution in [-0.2, 0) is 9.47 Å². The van der Waals surface area contributed by atoms with Crippen molar-refractivity contribution in [3.8, 4) is 0 Å². The van der Waals surface area contributed by atoms with Crippen molar-refractivity contribution in [2.75, 3.05) is 13.2 Å². The van der Waals surface area contributed by atoms with Crippen LogP contribution in [0.25, 0.3) is 0 Å². The molecule has 0 radical (unpaired) electrons. The van der Waals surface area contributed by atoms with Crippen molar-refractivity contribution in [1.82, 2.24) is 0 Å². The van der Waals surface area contributed by atoms with E-state index in [0.717, 1.165) is 13.2 Å². The number of hydrogen-bond acceptors (Lipinski definition) is 2. The maximum Gasteiger partial charge on any atom is 0.0965 e. The molecule has 11 heavy (non-hydrogen) atoms. The zero-order valence-electron chi connectivity index (χ0n) is 7.46. The van der Waals surface area contributed by atoms with Crippen molar-refractivity contribution < 1.29 is 9.47 Å². The van der Waals surface area contributed by atoms with E-state index in [9.17, 15) is 0 Å². The predicted octanol–water partition coefficient (Wildman–Crippen LogP) is 1.45. The first kappa shape index (κ1) is 7.56. The Labute approximate surface area is 67.9 Å². The highest BCUT2D eigenvalue weighted by molar-refractivity contribution is 5.01. The lowest BCUT2D eigenvalue weighted by molar-refractivity contribution is -0.0244. The number of fused-ring (bicyclic) bond motifs is 1. The zero-order valence-corrected chi connectivity index (χ0v) is 7.46. The van der Waals surface area contributed by atoms with Gasteiger partial charge in [0.15, 0.2) is 0 Å². The number of hydrogen-bond donors (Lipinski definition) is 0. The summed E-state index contributed by atoms with van der Waals surface area (Å²) in [5.41, 5.74) is 0.0133. The Kier molecular flexibility index (Phi) is 1.52. The highest BCUT2D eigenvalue weighted by Gasteiger charge is 2.53. The van der Waals surface area contributed by atoms with Crippen molar-refractivity contribution in [1.29, 1.82) is 0 Å². The van der Waals surface area contributed by atoms with Gasteiger partial charge in [0.2, 0.25) is 0 Å². The highest BCUT2D eigenvalue weighted by atomic mass is 16.6. The summed E-state index contributed by atoms with van der Waals surface area (Å²) in [7, 11) is 0. The average Bonchev–Trinajstić information content (AvgIpc) is 2.39. The molecule has 2 nitrogen and oxygen atoms in total. The van der Waals surface area contributed by atoms with Crippen LogP contribution in [0.5, 0.6) is 0 Å². The summed E-state index contributed by atoms with van der Waals surface area (Å²) in [5, 5.41) is 0. The zero-order chi connectivity index (χ0) is 8.06. The lowest BCUT2D eigenvalue weighted by Gasteiger charge is -2.26. The molecule has 0 aliphatic carbocycles. The van der Waals surface area contributed by atoms with Crippen LogP contribution in [-0.4, -0.2) is 24.9 Å². The quantitative estimate of drug-likeness (QED) is 0.528. The van der Waals surface area contributed by atoms with Gasteiger partial charge in [0.25, 0.3) is 0 Å². The second-order valence-corrected chi connectivity index (χ2v) is 4.13. The van der Waals surface area contributed by atoms with Crippen LogP contribution >= 0.6 is 0 Å². The van der Waals surface area contributed by atoms with Gasteiger partial charge in [-0.15, -0.1) is 0 Å². The molecule has 2 heterocycles. The minimum Gasteiger partial charge on any atom is -0.374 e. The molecule has 0 aromatic heterocycles. The van der Waals surface area contributed by atoms with E-state index in [1.165, 1.54) is 0 Å². The lowest BCUT2D eigenvalue weighted by Crippen LogP contribution is -2.37. The smallest absolute Gasteiger partial charge is 0.0965 e. The Morgan fingerprint density at radius 1 is 1.27 bits per heavy atom. The standard InChI is InChI=1S/C9H16O2/c1-6-4-11-9(3)7(2)5-10-8(6)9/h6-8H,4-5H2,1-3H3/t6-,7?,8+,9+/m0/s1. The van der Waals surface area contributed by atoms with Gasteiger partial charge in [0.05, 0.1) is 24.9 Å². The molecule has 2 fully saturated rings. The second kappa shape index (κ2) is 2.20. The highest BCUT2D eigenvalue weighted by Crippen LogP contribution is 2.43. The van der Waals surface area contributed by atoms with Gasteiger partial charge in [0, 0.05) is 11.8 Å². The largest absolute Gasteiger partial charge is 0.374 e. The molecule has 0 aromatic rings. The third kappa shape index (κ3) is 0.859. The van der Waals surface area contributed by atoms with Gasteiger partial charge in [0.1, 0.15) is 0 Å². The molecule has 2 rings (SSSR count). The fourth-order valence-corrected chi connectivity index (χ4v) is 2.21. The van der Waals surface area contributed by atoms with Gasteiger partial charge in [-0.05, 0) is 6.92 Å². The fourth-order valence-electron chi connectivity index (χ4n) is 2.21. The molecule has 2 aliphatic heterocycles. The van der Waals surface area contributed by atoms with Crippen molar-refractivity contribution in [3.63, 3.8) is 0 Å². The van der Waals surface area contributed by atoms with Crippen LogP contribution in [0.15, 0.2) is 0 Å². The van der Waals surface area contributed by atoms with Gasteiger partial charge < -0.3 is 9.47 Å². The summed E-state index contributed by atoms with van der Waals surface area (Å²) < 4.78 is 11.4. The van der Waals surface area contributed by atoms with Crippen molar-refractivity contribution in [2.45, 2.75) is 32.5 Å². The maximum atomic E-state index is 5.76. The minimum absolute atomic E-state index is 0.0133. The average molecular weight is 156 g/mol. The summed E-state index contributed by atoms with van der Waals surface area (Å²) in [4.78, 5) is 0. The Morgan fingerprint density at radius 3 is 2.64 bits per heavy atom. The summed E-state index contributed by atoms with van der Waals surface area (Å²) in [6, 6.07) is 0. The normalized spacial score (nSPS) is 56.5. The van der Waals surface area contributed by atoms with E-state index in [0.29, 0.717) is 17.9 Å². The predicted molar refractivity (Wildman–Crippen MR) is 42.4 cm³/mol. The van der Waals surface area contributed by atoms with E-state index in [1.54, 1.807) is 0 Å². The molecule has 1 unspecified atom stereocenters. The first-order valence-corrected chi connectivity index (χ1v) is 4.40. The molecule has 0 saturated carbocycles. The van der Waals surface area contributed by atoms with Crippen molar-refractivity contribution in [3.05, 3.63) is 0 Å². The SMILES string of the molecule is CC1CO[C@@H]2[C@@H](C)CO[C@]12C. The molecule has 0 N–H and O–H groups in total. The first-order chi connectivity index (χ1) is 5.14. The van der Waals surface area contributed by atoms with Crippen LogP contribution in [0.2, 0.25) is 0 Å². The van der Waals surface area contributed by atoms with Crippen LogP contribution in [0.3, 0.4) is 0 Å². The molecular weight excluding hydrogens is 140 g/mol. The van der Waals surface area contributed by atoms with E-state index < -0.39 is 0 Å². The van der Waals surface area contributed by atoms with E-state index in [2.05, 4.69) is 20.8 Å². The molecule has 4 atom stereocenters. The Hall–Kier alpha value is -0.0800. The van der Waals surface area contributed by atoms with E-state index in [4.69, 9.17) is 9.47 Å². The monoisotopic (exact) mass is 156 g/mol. The van der Waals surface area contributed by atoms with Crippen LogP contribution < -0.4 is 0 Å². The minimum atomic E-state index is 0.0133. The lowest BCUT2D eigenvalue weighted by atomic mass is 9.86. The van der Waals surface area contributed by atoms with E-state index in [1.807, 2.05) is 0 Å². The summed E-state index contributed by atoms with van der Waals surface area (Å²) in [6.45, 7) is 8.32. The van der Waals surface area contributed by atoms with Gasteiger partial charge in [-0.1, -0.05) is 13.8 Å². The summed E-state index contributed by atoms with van der Waals surface area (Å²) >= 11 is 0. The van der Waals surface area contributed by atoms with E-state index in [-0.39, 0.29) is 5.60 Å². The van der Waals surface area contributed by atoms with Gasteiger partial charge in [-0.25, -0.2) is 0 Å². The Bertz CT molecular complexity index is 169. The Balaban J connectivity index is 2.23. The molecule has 2 aliphatic rings. The Morgan fingerprint density at radius 2 is 2.00 bits per heavy atom. The van der Waals surface area contributed by atoms with Crippen molar-refractivity contribution >= 4 is 0 Å². The summed E-state index contributed by atoms with van der Waals surface area (Å²) in [5.74, 6) is 1.13. The van der Waals surface area contributed by atoms with Crippen molar-refractivity contribution in [2.24, 2.45) is 11.8 Å². The molecule has 0 amide bonds. The third-order valence-corrected chi connectivity index (χ3v) is 3.24. The van der Waals surface area contributed by atoms with Crippen LogP contribution in [0.4, 0.5) is 0 Å². The first-order valence-electron chi connectivity index (χ1n) is 4.40. The van der Waals surface area contributed by atoms with E-state index >= 15 is 0 Å². The molecule has 2 saturated heterocycles. The molecule has 64 valence electrons. The third-order valence-electron chi connectivity index (χ3n) is 3.24. The van der Waals surface area contributed by atoms with Crippen LogP contribution in [0, 0.1) is 11.8 Å². The molecule has 2 heteroatoms. The summed E-state index contributed by atoms with van der Waals surface area (Å²) in [6.07, 6.45) is 0.345. The van der Waals surface area contributed by atoms with Gasteiger partial charge in [-0.2, -0.15) is 0 Å². The molecule has 0 spiro atoms. The van der Waals surface area contributed by atoms with Gasteiger partial charge >= 0.3 is 0 Å². The van der Waals surface area contributed by atoms with Crippen LogP contribution in [0.1, 0.15) is 20.8 Å². The van der Waals surface area contributed by atoms with Gasteiger partial charge in [-0.3, -0.25) is 0 Å². The maximum absolute atomic E-state index is 5.76. The topological polar surface area (TPSA) is 18.5 Å². The molecular formula is C9H16O2. The second-order valence-electron chi connectivity index (χ2n) is 4.13. The number of ether oxygens (including phenoxy) is 2. The number of rotatable bonds is 0.